The van der Waals surface area contributed by atoms with E-state index < -0.39 is 5.82 Å². The van der Waals surface area contributed by atoms with Crippen molar-refractivity contribution in [2.75, 3.05) is 24.2 Å². The van der Waals surface area contributed by atoms with Crippen LogP contribution in [0.25, 0.3) is 10.9 Å². The summed E-state index contributed by atoms with van der Waals surface area (Å²) in [6.45, 7) is 5.09. The van der Waals surface area contributed by atoms with Gasteiger partial charge in [-0.25, -0.2) is 19.3 Å². The molecule has 24 heavy (non-hydrogen) atoms. The molecule has 0 saturated carbocycles. The highest BCUT2D eigenvalue weighted by molar-refractivity contribution is 7.98. The second-order valence-electron chi connectivity index (χ2n) is 6.15. The van der Waals surface area contributed by atoms with Gasteiger partial charge in [0, 0.05) is 19.0 Å². The van der Waals surface area contributed by atoms with Gasteiger partial charge in [-0.1, -0.05) is 23.4 Å². The van der Waals surface area contributed by atoms with Gasteiger partial charge in [0.25, 0.3) is 0 Å². The second-order valence-corrected chi connectivity index (χ2v) is 7.28. The Morgan fingerprint density at radius 1 is 1.38 bits per heavy atom. The van der Waals surface area contributed by atoms with Gasteiger partial charge in [-0.2, -0.15) is 0 Å². The molecule has 0 amide bonds. The van der Waals surface area contributed by atoms with Crippen LogP contribution in [0.4, 0.5) is 10.2 Å². The minimum absolute atomic E-state index is 0.169. The van der Waals surface area contributed by atoms with Crippen molar-refractivity contribution >= 4 is 40.1 Å². The smallest absolute Gasteiger partial charge is 0.189 e. The van der Waals surface area contributed by atoms with Gasteiger partial charge >= 0.3 is 0 Å². The summed E-state index contributed by atoms with van der Waals surface area (Å²) >= 11 is 7.25. The number of halogens is 2. The molecule has 3 heterocycles. The molecule has 3 rings (SSSR count). The molecule has 2 aromatic rings. The zero-order chi connectivity index (χ0) is 17.4. The van der Waals surface area contributed by atoms with Crippen LogP contribution in [0.15, 0.2) is 5.16 Å². The van der Waals surface area contributed by atoms with Gasteiger partial charge in [0.1, 0.15) is 11.3 Å². The summed E-state index contributed by atoms with van der Waals surface area (Å²) in [6, 6.07) is 0. The lowest BCUT2D eigenvalue weighted by Gasteiger charge is -2.35. The van der Waals surface area contributed by atoms with E-state index >= 15 is 0 Å². The summed E-state index contributed by atoms with van der Waals surface area (Å²) in [7, 11) is 0. The Labute approximate surface area is 149 Å². The summed E-state index contributed by atoms with van der Waals surface area (Å²) in [5.74, 6) is 0.238. The van der Waals surface area contributed by atoms with E-state index in [-0.39, 0.29) is 22.7 Å². The van der Waals surface area contributed by atoms with E-state index in [2.05, 4.69) is 19.9 Å². The highest BCUT2D eigenvalue weighted by atomic mass is 35.5. The molecule has 1 aliphatic heterocycles. The molecule has 0 aliphatic carbocycles. The molecule has 2 atom stereocenters. The molecule has 5 nitrogen and oxygen atoms in total. The van der Waals surface area contributed by atoms with Crippen LogP contribution in [0.5, 0.6) is 0 Å². The number of nitrogens with zero attached hydrogens (tertiary/aromatic N) is 4. The molecule has 0 radical (unpaired) electrons. The lowest BCUT2D eigenvalue weighted by Crippen LogP contribution is -2.40. The molecule has 0 spiro atoms. The van der Waals surface area contributed by atoms with Gasteiger partial charge in [-0.3, -0.25) is 0 Å². The topological polar surface area (TPSA) is 62.1 Å². The normalized spacial score (nSPS) is 19.8. The van der Waals surface area contributed by atoms with E-state index in [4.69, 9.17) is 11.6 Å². The maximum Gasteiger partial charge on any atom is 0.189 e. The highest BCUT2D eigenvalue weighted by Crippen LogP contribution is 2.34. The van der Waals surface area contributed by atoms with Crippen molar-refractivity contribution in [2.45, 2.75) is 37.9 Å². The molecule has 8 heteroatoms. The first-order valence-corrected chi connectivity index (χ1v) is 9.53. The number of aliphatic hydroxyl groups excluding tert-OH is 1. The molecule has 130 valence electrons. The minimum atomic E-state index is -0.611. The SMILES string of the molecule is CSc1nc(N2CCCC(C(C)O)C2)c2c(C)nc(Cl)c(F)c2n1. The molecule has 2 unspecified atom stereocenters. The second kappa shape index (κ2) is 6.98. The summed E-state index contributed by atoms with van der Waals surface area (Å²) in [5.41, 5.74) is 0.819. The maximum atomic E-state index is 14.5. The van der Waals surface area contributed by atoms with Crippen molar-refractivity contribution in [1.29, 1.82) is 0 Å². The number of thioether (sulfide) groups is 1. The molecule has 0 bridgehead atoms. The lowest BCUT2D eigenvalue weighted by atomic mass is 9.93. The number of aryl methyl sites for hydroxylation is 1. The van der Waals surface area contributed by atoms with E-state index in [1.54, 1.807) is 6.92 Å². The van der Waals surface area contributed by atoms with E-state index in [0.29, 0.717) is 28.6 Å². The molecule has 1 N–H and O–H groups in total. The van der Waals surface area contributed by atoms with E-state index in [9.17, 15) is 9.50 Å². The van der Waals surface area contributed by atoms with E-state index in [1.807, 2.05) is 13.2 Å². The average molecular weight is 371 g/mol. The van der Waals surface area contributed by atoms with Crippen molar-refractivity contribution < 1.29 is 9.50 Å². The fraction of sp³-hybridized carbons (Fsp3) is 0.562. The standard InChI is InChI=1S/C16H20ClFN4OS/c1-8-11-13(12(18)14(17)19-8)20-16(24-3)21-15(11)22-6-4-5-10(7-22)9(2)23/h9-10,23H,4-7H2,1-3H3. The van der Waals surface area contributed by atoms with Gasteiger partial charge < -0.3 is 10.0 Å². The van der Waals surface area contributed by atoms with Gasteiger partial charge in [0.15, 0.2) is 16.1 Å². The third-order valence-corrected chi connectivity index (χ3v) is 5.31. The number of fused-ring (bicyclic) bond motifs is 1. The average Bonchev–Trinajstić information content (AvgIpc) is 2.58. The van der Waals surface area contributed by atoms with Crippen LogP contribution in [0.3, 0.4) is 0 Å². The van der Waals surface area contributed by atoms with Crippen molar-refractivity contribution in [1.82, 2.24) is 15.0 Å². The Balaban J connectivity index is 2.17. The first-order chi connectivity index (χ1) is 11.4. The number of aliphatic hydroxyl groups is 1. The van der Waals surface area contributed by atoms with E-state index in [0.717, 1.165) is 19.4 Å². The number of pyridine rings is 1. The first-order valence-electron chi connectivity index (χ1n) is 7.92. The molecule has 1 fully saturated rings. The molecule has 2 aromatic heterocycles. The van der Waals surface area contributed by atoms with Crippen LogP contribution in [0, 0.1) is 18.7 Å². The van der Waals surface area contributed by atoms with Gasteiger partial charge in [-0.05, 0) is 32.9 Å². The molecule has 1 saturated heterocycles. The zero-order valence-corrected chi connectivity index (χ0v) is 15.5. The Morgan fingerprint density at radius 3 is 2.79 bits per heavy atom. The summed E-state index contributed by atoms with van der Waals surface area (Å²) in [5, 5.41) is 10.9. The van der Waals surface area contributed by atoms with Gasteiger partial charge in [0.2, 0.25) is 0 Å². The number of hydrogen-bond donors (Lipinski definition) is 1. The third kappa shape index (κ3) is 3.17. The number of aromatic nitrogens is 3. The monoisotopic (exact) mass is 370 g/mol. The van der Waals surface area contributed by atoms with Gasteiger partial charge in [0.05, 0.1) is 17.2 Å². The van der Waals surface area contributed by atoms with Crippen LogP contribution in [-0.2, 0) is 0 Å². The molecule has 1 aliphatic rings. The van der Waals surface area contributed by atoms with Crippen molar-refractivity contribution in [3.05, 3.63) is 16.7 Å². The molecular weight excluding hydrogens is 351 g/mol. The Morgan fingerprint density at radius 2 is 2.12 bits per heavy atom. The number of anilines is 1. The molecular formula is C16H20ClFN4OS. The molecule has 0 aromatic carbocycles. The Bertz CT molecular complexity index is 774. The van der Waals surface area contributed by atoms with Crippen molar-refractivity contribution in [3.8, 4) is 0 Å². The lowest BCUT2D eigenvalue weighted by molar-refractivity contribution is 0.115. The zero-order valence-electron chi connectivity index (χ0n) is 13.9. The van der Waals surface area contributed by atoms with Crippen LogP contribution >= 0.6 is 23.4 Å². The Kier molecular flexibility index (Phi) is 5.13. The van der Waals surface area contributed by atoms with Crippen molar-refractivity contribution in [2.24, 2.45) is 5.92 Å². The fourth-order valence-electron chi connectivity index (χ4n) is 3.19. The number of hydrogen-bond acceptors (Lipinski definition) is 6. The van der Waals surface area contributed by atoms with Crippen LogP contribution < -0.4 is 4.90 Å². The third-order valence-electron chi connectivity index (χ3n) is 4.51. The summed E-state index contributed by atoms with van der Waals surface area (Å²) < 4.78 is 14.5. The van der Waals surface area contributed by atoms with E-state index in [1.165, 1.54) is 11.8 Å². The van der Waals surface area contributed by atoms with Crippen LogP contribution in [-0.4, -0.2) is 45.5 Å². The fourth-order valence-corrected chi connectivity index (χ4v) is 3.76. The van der Waals surface area contributed by atoms with Gasteiger partial charge in [-0.15, -0.1) is 0 Å². The number of rotatable bonds is 3. The first kappa shape index (κ1) is 17.6. The summed E-state index contributed by atoms with van der Waals surface area (Å²) in [6.07, 6.45) is 3.40. The quantitative estimate of drug-likeness (QED) is 0.507. The minimum Gasteiger partial charge on any atom is -0.393 e. The predicted molar refractivity (Wildman–Crippen MR) is 95.4 cm³/mol. The van der Waals surface area contributed by atoms with Crippen molar-refractivity contribution in [3.63, 3.8) is 0 Å². The largest absolute Gasteiger partial charge is 0.393 e. The maximum absolute atomic E-state index is 14.5. The van der Waals surface area contributed by atoms with Crippen LogP contribution in [0.1, 0.15) is 25.5 Å². The number of piperidine rings is 1. The Hall–Kier alpha value is -1.18. The van der Waals surface area contributed by atoms with Crippen LogP contribution in [0.2, 0.25) is 5.15 Å². The predicted octanol–water partition coefficient (Wildman–Crippen LogP) is 3.44. The highest BCUT2D eigenvalue weighted by Gasteiger charge is 2.27. The summed E-state index contributed by atoms with van der Waals surface area (Å²) in [4.78, 5) is 15.1.